The van der Waals surface area contributed by atoms with Crippen molar-refractivity contribution in [3.63, 3.8) is 0 Å². The van der Waals surface area contributed by atoms with Gasteiger partial charge in [0, 0.05) is 17.8 Å². The molecule has 0 aromatic heterocycles. The van der Waals surface area contributed by atoms with E-state index in [0.717, 1.165) is 11.8 Å². The fraction of sp³-hybridized carbons (Fsp3) is 0.316. The highest BCUT2D eigenvalue weighted by Gasteiger charge is 2.10. The van der Waals surface area contributed by atoms with Crippen molar-refractivity contribution in [2.75, 3.05) is 24.1 Å². The Bertz CT molecular complexity index is 822. The monoisotopic (exact) mass is 376 g/mol. The second kappa shape index (κ2) is 9.35. The first-order valence-corrected chi connectivity index (χ1v) is 10.2. The summed E-state index contributed by atoms with van der Waals surface area (Å²) in [5.74, 6) is -0.1000. The van der Waals surface area contributed by atoms with E-state index in [0.29, 0.717) is 31.0 Å². The number of amides is 1. The minimum Gasteiger partial charge on any atom is -0.376 e. The van der Waals surface area contributed by atoms with Crippen LogP contribution in [0.2, 0.25) is 0 Å². The van der Waals surface area contributed by atoms with Crippen molar-refractivity contribution < 1.29 is 17.9 Å². The molecule has 2 N–H and O–H groups in total. The predicted molar refractivity (Wildman–Crippen MR) is 103 cm³/mol. The zero-order chi connectivity index (χ0) is 19.0. The van der Waals surface area contributed by atoms with Crippen LogP contribution in [0, 0.1) is 5.92 Å². The smallest absolute Gasteiger partial charge is 0.251 e. The molecule has 0 aliphatic carbocycles. The average molecular weight is 376 g/mol. The maximum absolute atomic E-state index is 12.2. The molecule has 0 heterocycles. The van der Waals surface area contributed by atoms with Crippen molar-refractivity contribution in [3.05, 3.63) is 65.7 Å². The van der Waals surface area contributed by atoms with Gasteiger partial charge in [0.2, 0.25) is 10.0 Å². The molecule has 1 amide bonds. The fourth-order valence-electron chi connectivity index (χ4n) is 2.32. The van der Waals surface area contributed by atoms with Crippen LogP contribution in [0.15, 0.2) is 54.6 Å². The van der Waals surface area contributed by atoms with E-state index in [-0.39, 0.29) is 11.8 Å². The van der Waals surface area contributed by atoms with Gasteiger partial charge in [0.05, 0.1) is 19.5 Å². The highest BCUT2D eigenvalue weighted by Crippen LogP contribution is 2.12. The second-order valence-electron chi connectivity index (χ2n) is 6.27. The Morgan fingerprint density at radius 3 is 2.54 bits per heavy atom. The number of hydrogen-bond acceptors (Lipinski definition) is 4. The SMILES string of the molecule is CC(CNC(=O)c1cccc(NS(C)(=O)=O)c1)COCc1ccccc1. The van der Waals surface area contributed by atoms with E-state index >= 15 is 0 Å². The Morgan fingerprint density at radius 1 is 1.12 bits per heavy atom. The Balaban J connectivity index is 1.78. The Kier molecular flexibility index (Phi) is 7.17. The predicted octanol–water partition coefficient (Wildman–Crippen LogP) is 2.64. The third-order valence-electron chi connectivity index (χ3n) is 3.55. The zero-order valence-corrected chi connectivity index (χ0v) is 15.8. The summed E-state index contributed by atoms with van der Waals surface area (Å²) in [6.45, 7) is 3.54. The standard InChI is InChI=1S/C19H24N2O4S/c1-15(13-25-14-16-7-4-3-5-8-16)12-20-19(22)17-9-6-10-18(11-17)21-26(2,23)24/h3-11,15,21H,12-14H2,1-2H3,(H,20,22). The minimum absolute atomic E-state index is 0.153. The van der Waals surface area contributed by atoms with Gasteiger partial charge in [0.15, 0.2) is 0 Å². The number of sulfonamides is 1. The molecular formula is C19H24N2O4S. The maximum atomic E-state index is 12.2. The molecule has 0 bridgehead atoms. The van der Waals surface area contributed by atoms with Crippen LogP contribution < -0.4 is 10.0 Å². The Labute approximate surface area is 154 Å². The number of hydrogen-bond donors (Lipinski definition) is 2. The summed E-state index contributed by atoms with van der Waals surface area (Å²) >= 11 is 0. The van der Waals surface area contributed by atoms with Gasteiger partial charge in [-0.05, 0) is 29.7 Å². The molecule has 140 valence electrons. The lowest BCUT2D eigenvalue weighted by Gasteiger charge is -2.14. The number of carbonyl (C=O) groups excluding carboxylic acids is 1. The van der Waals surface area contributed by atoms with Crippen LogP contribution in [0.5, 0.6) is 0 Å². The van der Waals surface area contributed by atoms with Gasteiger partial charge in [-0.15, -0.1) is 0 Å². The van der Waals surface area contributed by atoms with Gasteiger partial charge < -0.3 is 10.1 Å². The minimum atomic E-state index is -3.38. The van der Waals surface area contributed by atoms with Gasteiger partial charge in [0.1, 0.15) is 0 Å². The van der Waals surface area contributed by atoms with Crippen molar-refractivity contribution in [3.8, 4) is 0 Å². The van der Waals surface area contributed by atoms with Crippen LogP contribution in [0.1, 0.15) is 22.8 Å². The molecule has 2 rings (SSSR count). The number of anilines is 1. The highest BCUT2D eigenvalue weighted by molar-refractivity contribution is 7.92. The summed E-state index contributed by atoms with van der Waals surface area (Å²) in [6, 6.07) is 16.3. The summed E-state index contributed by atoms with van der Waals surface area (Å²) in [4.78, 5) is 12.2. The van der Waals surface area contributed by atoms with Crippen LogP contribution in [-0.4, -0.2) is 33.7 Å². The molecule has 2 aromatic rings. The molecule has 1 atom stereocenters. The lowest BCUT2D eigenvalue weighted by molar-refractivity contribution is 0.0843. The summed E-state index contributed by atoms with van der Waals surface area (Å²) in [7, 11) is -3.38. The molecule has 0 saturated carbocycles. The Morgan fingerprint density at radius 2 is 1.85 bits per heavy atom. The van der Waals surface area contributed by atoms with Crippen LogP contribution in [0.25, 0.3) is 0 Å². The lowest BCUT2D eigenvalue weighted by atomic mass is 10.1. The van der Waals surface area contributed by atoms with Gasteiger partial charge >= 0.3 is 0 Å². The first kappa shape index (κ1) is 19.9. The number of benzene rings is 2. The zero-order valence-electron chi connectivity index (χ0n) is 14.9. The van der Waals surface area contributed by atoms with Crippen LogP contribution in [0.3, 0.4) is 0 Å². The number of nitrogens with one attached hydrogen (secondary N) is 2. The average Bonchev–Trinajstić information content (AvgIpc) is 2.59. The van der Waals surface area contributed by atoms with Gasteiger partial charge in [-0.3, -0.25) is 9.52 Å². The van der Waals surface area contributed by atoms with Crippen molar-refractivity contribution in [1.29, 1.82) is 0 Å². The quantitative estimate of drug-likeness (QED) is 0.705. The molecule has 0 aliphatic rings. The summed E-state index contributed by atoms with van der Waals surface area (Å²) in [6.07, 6.45) is 1.07. The fourth-order valence-corrected chi connectivity index (χ4v) is 2.87. The number of rotatable bonds is 9. The lowest BCUT2D eigenvalue weighted by Crippen LogP contribution is -2.30. The van der Waals surface area contributed by atoms with Crippen LogP contribution in [0.4, 0.5) is 5.69 Å². The Hall–Kier alpha value is -2.38. The first-order chi connectivity index (χ1) is 12.3. The third-order valence-corrected chi connectivity index (χ3v) is 4.16. The molecule has 1 unspecified atom stereocenters. The van der Waals surface area contributed by atoms with E-state index in [1.165, 1.54) is 6.07 Å². The summed E-state index contributed by atoms with van der Waals surface area (Å²) < 4.78 is 30.6. The van der Waals surface area contributed by atoms with Crippen molar-refractivity contribution in [1.82, 2.24) is 5.32 Å². The van der Waals surface area contributed by atoms with Gasteiger partial charge in [-0.1, -0.05) is 43.3 Å². The summed E-state index contributed by atoms with van der Waals surface area (Å²) in [5, 5.41) is 2.84. The van der Waals surface area contributed by atoms with E-state index in [1.54, 1.807) is 18.2 Å². The normalized spacial score (nSPS) is 12.4. The topological polar surface area (TPSA) is 84.5 Å². The number of carbonyl (C=O) groups is 1. The third kappa shape index (κ3) is 7.25. The van der Waals surface area contributed by atoms with Crippen molar-refractivity contribution in [2.45, 2.75) is 13.5 Å². The largest absolute Gasteiger partial charge is 0.376 e. The molecule has 0 radical (unpaired) electrons. The van der Waals surface area contributed by atoms with Gasteiger partial charge in [-0.25, -0.2) is 8.42 Å². The van der Waals surface area contributed by atoms with Gasteiger partial charge in [0.25, 0.3) is 5.91 Å². The van der Waals surface area contributed by atoms with Crippen molar-refractivity contribution in [2.24, 2.45) is 5.92 Å². The number of ether oxygens (including phenoxy) is 1. The van der Waals surface area contributed by atoms with Crippen molar-refractivity contribution >= 4 is 21.6 Å². The first-order valence-electron chi connectivity index (χ1n) is 8.31. The molecule has 2 aromatic carbocycles. The maximum Gasteiger partial charge on any atom is 0.251 e. The van der Waals surface area contributed by atoms with Crippen LogP contribution >= 0.6 is 0 Å². The summed E-state index contributed by atoms with van der Waals surface area (Å²) in [5.41, 5.74) is 1.87. The van der Waals surface area contributed by atoms with Crippen LogP contribution in [-0.2, 0) is 21.4 Å². The molecule has 26 heavy (non-hydrogen) atoms. The second-order valence-corrected chi connectivity index (χ2v) is 8.02. The molecular weight excluding hydrogens is 352 g/mol. The van der Waals surface area contributed by atoms with E-state index in [2.05, 4.69) is 10.0 Å². The molecule has 6 nitrogen and oxygen atoms in total. The molecule has 7 heteroatoms. The molecule has 0 spiro atoms. The molecule has 0 saturated heterocycles. The van der Waals surface area contributed by atoms with E-state index in [1.807, 2.05) is 37.3 Å². The molecule has 0 fully saturated rings. The van der Waals surface area contributed by atoms with E-state index in [4.69, 9.17) is 4.74 Å². The highest BCUT2D eigenvalue weighted by atomic mass is 32.2. The molecule has 0 aliphatic heterocycles. The van der Waals surface area contributed by atoms with Gasteiger partial charge in [-0.2, -0.15) is 0 Å². The van der Waals surface area contributed by atoms with E-state index < -0.39 is 10.0 Å². The van der Waals surface area contributed by atoms with E-state index in [9.17, 15) is 13.2 Å².